The molecule has 3 aromatic rings. The Morgan fingerprint density at radius 2 is 1.68 bits per heavy atom. The first-order chi connectivity index (χ1) is 14.8. The summed E-state index contributed by atoms with van der Waals surface area (Å²) < 4.78 is 1.62. The van der Waals surface area contributed by atoms with Crippen molar-refractivity contribution < 1.29 is 9.59 Å². The minimum atomic E-state index is -0.296. The number of carbonyl (C=O) groups excluding carboxylic acids is 2. The first-order valence-corrected chi connectivity index (χ1v) is 10.7. The number of anilines is 1. The van der Waals surface area contributed by atoms with Gasteiger partial charge in [0.25, 0.3) is 0 Å². The molecule has 162 valence electrons. The zero-order valence-corrected chi connectivity index (χ0v) is 18.9. The zero-order valence-electron chi connectivity index (χ0n) is 18.2. The quantitative estimate of drug-likeness (QED) is 0.562. The van der Waals surface area contributed by atoms with Crippen LogP contribution in [0.2, 0.25) is 5.02 Å². The molecule has 1 aromatic heterocycles. The molecule has 31 heavy (non-hydrogen) atoms. The number of amides is 2. The molecule has 0 spiro atoms. The second kappa shape index (κ2) is 9.79. The van der Waals surface area contributed by atoms with Crippen molar-refractivity contribution in [1.29, 1.82) is 0 Å². The molecule has 1 heterocycles. The number of hydrogen-bond donors (Lipinski definition) is 1. The molecular weight excluding hydrogens is 412 g/mol. The van der Waals surface area contributed by atoms with Crippen LogP contribution < -0.4 is 5.32 Å². The Labute approximate surface area is 187 Å². The highest BCUT2D eigenvalue weighted by atomic mass is 35.5. The Balaban J connectivity index is 1.94. The monoisotopic (exact) mass is 438 g/mol. The van der Waals surface area contributed by atoms with E-state index in [0.29, 0.717) is 22.2 Å². The summed E-state index contributed by atoms with van der Waals surface area (Å²) in [6.07, 6.45) is 0. The largest absolute Gasteiger partial charge is 0.331 e. The molecule has 2 amide bonds. The van der Waals surface area contributed by atoms with Crippen molar-refractivity contribution >= 4 is 29.2 Å². The lowest BCUT2D eigenvalue weighted by molar-refractivity contribution is -0.139. The summed E-state index contributed by atoms with van der Waals surface area (Å²) in [5, 5.41) is 8.11. The average molecular weight is 439 g/mol. The van der Waals surface area contributed by atoms with Gasteiger partial charge in [0.05, 0.1) is 16.4 Å². The van der Waals surface area contributed by atoms with Crippen LogP contribution in [0.15, 0.2) is 60.7 Å². The van der Waals surface area contributed by atoms with Gasteiger partial charge >= 0.3 is 0 Å². The van der Waals surface area contributed by atoms with Crippen LogP contribution in [0.1, 0.15) is 27.7 Å². The third-order valence-corrected chi connectivity index (χ3v) is 5.16. The molecule has 0 aliphatic carbocycles. The van der Waals surface area contributed by atoms with Crippen molar-refractivity contribution in [3.05, 3.63) is 65.7 Å². The summed E-state index contributed by atoms with van der Waals surface area (Å²) in [6.45, 7) is 7.41. The molecule has 0 atom stereocenters. The van der Waals surface area contributed by atoms with E-state index in [2.05, 4.69) is 10.4 Å². The molecule has 0 saturated heterocycles. The van der Waals surface area contributed by atoms with Gasteiger partial charge in [0, 0.05) is 23.6 Å². The molecule has 3 rings (SSSR count). The summed E-state index contributed by atoms with van der Waals surface area (Å²) in [4.78, 5) is 27.0. The van der Waals surface area contributed by atoms with Gasteiger partial charge in [-0.2, -0.15) is 5.10 Å². The van der Waals surface area contributed by atoms with Gasteiger partial charge in [-0.25, -0.2) is 4.68 Å². The molecule has 0 bridgehead atoms. The highest BCUT2D eigenvalue weighted by Gasteiger charge is 2.23. The molecule has 0 aliphatic rings. The first-order valence-electron chi connectivity index (χ1n) is 10.3. The molecule has 0 fully saturated rings. The highest BCUT2D eigenvalue weighted by molar-refractivity contribution is 6.32. The molecule has 7 heteroatoms. The Hall–Kier alpha value is -3.12. The van der Waals surface area contributed by atoms with E-state index in [4.69, 9.17) is 11.6 Å². The van der Waals surface area contributed by atoms with Crippen LogP contribution in [0.4, 0.5) is 5.82 Å². The summed E-state index contributed by atoms with van der Waals surface area (Å²) in [5.41, 5.74) is 2.28. The zero-order chi connectivity index (χ0) is 22.5. The SMILES string of the molecule is CC(C)C(=O)N(CC(=O)Nc1cc(-c2ccccc2)nn1-c1ccccc1Cl)C(C)C. The lowest BCUT2D eigenvalue weighted by Gasteiger charge is -2.27. The van der Waals surface area contributed by atoms with E-state index in [0.717, 1.165) is 5.56 Å². The molecule has 6 nitrogen and oxygen atoms in total. The maximum absolute atomic E-state index is 12.9. The number of rotatable bonds is 7. The van der Waals surface area contributed by atoms with Gasteiger partial charge in [-0.05, 0) is 26.0 Å². The fourth-order valence-electron chi connectivity index (χ4n) is 3.21. The van der Waals surface area contributed by atoms with Crippen LogP contribution in [0.5, 0.6) is 0 Å². The number of para-hydroxylation sites is 1. The van der Waals surface area contributed by atoms with Crippen LogP contribution in [0.25, 0.3) is 16.9 Å². The minimum absolute atomic E-state index is 0.0386. The number of hydrogen-bond acceptors (Lipinski definition) is 3. The summed E-state index contributed by atoms with van der Waals surface area (Å²) >= 11 is 6.40. The van der Waals surface area contributed by atoms with E-state index in [1.54, 1.807) is 21.7 Å². The second-order valence-corrected chi connectivity index (χ2v) is 8.31. The Bertz CT molecular complexity index is 1060. The van der Waals surface area contributed by atoms with Crippen LogP contribution in [0.3, 0.4) is 0 Å². The van der Waals surface area contributed by atoms with Crippen molar-refractivity contribution in [1.82, 2.24) is 14.7 Å². The van der Waals surface area contributed by atoms with Crippen molar-refractivity contribution in [2.45, 2.75) is 33.7 Å². The Kier molecular flexibility index (Phi) is 7.13. The fourth-order valence-corrected chi connectivity index (χ4v) is 3.43. The smallest absolute Gasteiger partial charge is 0.245 e. The van der Waals surface area contributed by atoms with Crippen LogP contribution in [-0.2, 0) is 9.59 Å². The Morgan fingerprint density at radius 1 is 1.03 bits per heavy atom. The lowest BCUT2D eigenvalue weighted by Crippen LogP contribution is -2.44. The maximum Gasteiger partial charge on any atom is 0.245 e. The predicted molar refractivity (Wildman–Crippen MR) is 124 cm³/mol. The standard InChI is InChI=1S/C24H27ClN4O2/c1-16(2)24(31)28(17(3)4)15-23(30)26-22-14-20(18-10-6-5-7-11-18)27-29(22)21-13-9-8-12-19(21)25/h5-14,16-17H,15H2,1-4H3,(H,26,30). The lowest BCUT2D eigenvalue weighted by atomic mass is 10.1. The van der Waals surface area contributed by atoms with Gasteiger partial charge in [-0.15, -0.1) is 0 Å². The number of nitrogens with one attached hydrogen (secondary N) is 1. The maximum atomic E-state index is 12.9. The fraction of sp³-hybridized carbons (Fsp3) is 0.292. The van der Waals surface area contributed by atoms with Gasteiger partial charge in [-0.1, -0.05) is 67.9 Å². The number of halogens is 1. The number of aromatic nitrogens is 2. The van der Waals surface area contributed by atoms with E-state index < -0.39 is 0 Å². The van der Waals surface area contributed by atoms with E-state index in [1.807, 2.05) is 76.2 Å². The van der Waals surface area contributed by atoms with E-state index in [9.17, 15) is 9.59 Å². The molecule has 0 unspecified atom stereocenters. The number of carbonyl (C=O) groups is 2. The topological polar surface area (TPSA) is 67.2 Å². The third-order valence-electron chi connectivity index (χ3n) is 4.84. The average Bonchev–Trinajstić information content (AvgIpc) is 3.15. The Morgan fingerprint density at radius 3 is 2.29 bits per heavy atom. The van der Waals surface area contributed by atoms with Crippen molar-refractivity contribution in [3.63, 3.8) is 0 Å². The molecule has 0 saturated carbocycles. The first kappa shape index (κ1) is 22.6. The van der Waals surface area contributed by atoms with E-state index in [-0.39, 0.29) is 30.3 Å². The van der Waals surface area contributed by atoms with Crippen molar-refractivity contribution in [2.75, 3.05) is 11.9 Å². The van der Waals surface area contributed by atoms with E-state index in [1.165, 1.54) is 0 Å². The molecular formula is C24H27ClN4O2. The van der Waals surface area contributed by atoms with Crippen LogP contribution >= 0.6 is 11.6 Å². The molecule has 0 aliphatic heterocycles. The third kappa shape index (κ3) is 5.33. The van der Waals surface area contributed by atoms with E-state index >= 15 is 0 Å². The van der Waals surface area contributed by atoms with Crippen LogP contribution in [-0.4, -0.2) is 39.1 Å². The van der Waals surface area contributed by atoms with Gasteiger partial charge in [-0.3, -0.25) is 9.59 Å². The summed E-state index contributed by atoms with van der Waals surface area (Å²) in [6, 6.07) is 18.7. The highest BCUT2D eigenvalue weighted by Crippen LogP contribution is 2.28. The minimum Gasteiger partial charge on any atom is -0.331 e. The summed E-state index contributed by atoms with van der Waals surface area (Å²) in [7, 11) is 0. The second-order valence-electron chi connectivity index (χ2n) is 7.91. The number of nitrogens with zero attached hydrogens (tertiary/aromatic N) is 3. The van der Waals surface area contributed by atoms with Crippen molar-refractivity contribution in [2.24, 2.45) is 5.92 Å². The molecule has 0 radical (unpaired) electrons. The van der Waals surface area contributed by atoms with Gasteiger partial charge in [0.15, 0.2) is 0 Å². The van der Waals surface area contributed by atoms with Crippen molar-refractivity contribution in [3.8, 4) is 16.9 Å². The molecule has 2 aromatic carbocycles. The van der Waals surface area contributed by atoms with Gasteiger partial charge < -0.3 is 10.2 Å². The molecule has 1 N–H and O–H groups in total. The van der Waals surface area contributed by atoms with Gasteiger partial charge in [0.1, 0.15) is 12.4 Å². The predicted octanol–water partition coefficient (Wildman–Crippen LogP) is 5.02. The summed E-state index contributed by atoms with van der Waals surface area (Å²) in [5.74, 6) is -0.0588. The number of benzene rings is 2. The van der Waals surface area contributed by atoms with Crippen LogP contribution in [0, 0.1) is 5.92 Å². The van der Waals surface area contributed by atoms with Gasteiger partial charge in [0.2, 0.25) is 11.8 Å². The normalized spacial score (nSPS) is 11.1.